The lowest BCUT2D eigenvalue weighted by molar-refractivity contribution is -0.137. The fraction of sp³-hybridized carbons (Fsp3) is 0.550. The van der Waals surface area contributed by atoms with Crippen molar-refractivity contribution in [2.75, 3.05) is 52.5 Å². The quantitative estimate of drug-likeness (QED) is 0.198. The summed E-state index contributed by atoms with van der Waals surface area (Å²) in [4.78, 5) is 6.87. The molecular formula is C20H28F3IN4O. The van der Waals surface area contributed by atoms with Crippen LogP contribution in [0, 0.1) is 11.8 Å². The van der Waals surface area contributed by atoms with Crippen LogP contribution < -0.4 is 10.6 Å². The molecule has 0 bridgehead atoms. The van der Waals surface area contributed by atoms with E-state index in [1.807, 2.05) is 6.92 Å². The lowest BCUT2D eigenvalue weighted by Crippen LogP contribution is -2.38. The Balaban J connectivity index is 0.00000420. The molecule has 0 unspecified atom stereocenters. The Morgan fingerprint density at radius 1 is 1.24 bits per heavy atom. The monoisotopic (exact) mass is 524 g/mol. The SMILES string of the molecule is CCNC(=NCCCN1CCOCC1)NCC#Cc1cccc(C(F)(F)F)c1.I. The molecule has 0 saturated carbocycles. The molecule has 0 atom stereocenters. The van der Waals surface area contributed by atoms with E-state index >= 15 is 0 Å². The number of hydrogen-bond donors (Lipinski definition) is 2. The maximum atomic E-state index is 12.7. The van der Waals surface area contributed by atoms with Gasteiger partial charge in [-0.1, -0.05) is 17.9 Å². The van der Waals surface area contributed by atoms with Gasteiger partial charge in [0.05, 0.1) is 25.3 Å². The second-order valence-electron chi connectivity index (χ2n) is 6.30. The first-order chi connectivity index (χ1) is 13.5. The van der Waals surface area contributed by atoms with Gasteiger partial charge in [0.25, 0.3) is 0 Å². The molecule has 0 spiro atoms. The van der Waals surface area contributed by atoms with Crippen LogP contribution in [0.3, 0.4) is 0 Å². The molecule has 1 aromatic rings. The molecular weight excluding hydrogens is 496 g/mol. The summed E-state index contributed by atoms with van der Waals surface area (Å²) in [5.41, 5.74) is -0.355. The van der Waals surface area contributed by atoms with E-state index in [4.69, 9.17) is 4.74 Å². The minimum absolute atomic E-state index is 0. The maximum Gasteiger partial charge on any atom is 0.416 e. The van der Waals surface area contributed by atoms with E-state index < -0.39 is 11.7 Å². The summed E-state index contributed by atoms with van der Waals surface area (Å²) in [6.07, 6.45) is -3.41. The zero-order valence-electron chi connectivity index (χ0n) is 16.5. The van der Waals surface area contributed by atoms with E-state index in [0.717, 1.165) is 57.9 Å². The lowest BCUT2D eigenvalue weighted by atomic mass is 10.1. The number of nitrogens with one attached hydrogen (secondary N) is 2. The van der Waals surface area contributed by atoms with Crippen LogP contribution in [0.2, 0.25) is 0 Å². The maximum absolute atomic E-state index is 12.7. The standard InChI is InChI=1S/C20H27F3N4O.HI/c1-2-24-19(26-10-5-11-27-12-14-28-15-13-27)25-9-4-7-17-6-3-8-18(16-17)20(21,22)23;/h3,6,8,16H,2,5,9-15H2,1H3,(H2,24,25,26);1H. The molecule has 0 aromatic heterocycles. The van der Waals surface area contributed by atoms with Crippen molar-refractivity contribution in [3.63, 3.8) is 0 Å². The van der Waals surface area contributed by atoms with Gasteiger partial charge in [-0.05, 0) is 31.5 Å². The zero-order chi connectivity index (χ0) is 20.2. The molecule has 9 heteroatoms. The molecule has 1 fully saturated rings. The average Bonchev–Trinajstić information content (AvgIpc) is 2.69. The molecule has 29 heavy (non-hydrogen) atoms. The molecule has 1 aliphatic rings. The molecule has 1 heterocycles. The third-order valence-corrected chi connectivity index (χ3v) is 4.12. The Morgan fingerprint density at radius 3 is 2.69 bits per heavy atom. The predicted octanol–water partition coefficient (Wildman–Crippen LogP) is 2.95. The van der Waals surface area contributed by atoms with E-state index in [2.05, 4.69) is 32.4 Å². The number of guanidine groups is 1. The van der Waals surface area contributed by atoms with Gasteiger partial charge in [-0.25, -0.2) is 0 Å². The second-order valence-corrected chi connectivity index (χ2v) is 6.30. The fourth-order valence-electron chi connectivity index (χ4n) is 2.70. The van der Waals surface area contributed by atoms with Crippen LogP contribution in [0.5, 0.6) is 0 Å². The van der Waals surface area contributed by atoms with E-state index in [-0.39, 0.29) is 24.0 Å². The highest BCUT2D eigenvalue weighted by Crippen LogP contribution is 2.29. The predicted molar refractivity (Wildman–Crippen MR) is 120 cm³/mol. The summed E-state index contributed by atoms with van der Waals surface area (Å²) < 4.78 is 43.5. The molecule has 2 N–H and O–H groups in total. The summed E-state index contributed by atoms with van der Waals surface area (Å²) in [5.74, 6) is 6.25. The first-order valence-corrected chi connectivity index (χ1v) is 9.47. The van der Waals surface area contributed by atoms with Gasteiger partial charge in [0.2, 0.25) is 0 Å². The van der Waals surface area contributed by atoms with Gasteiger partial charge in [-0.3, -0.25) is 9.89 Å². The molecule has 5 nitrogen and oxygen atoms in total. The van der Waals surface area contributed by atoms with Crippen molar-refractivity contribution in [2.24, 2.45) is 4.99 Å². The topological polar surface area (TPSA) is 48.9 Å². The molecule has 1 aromatic carbocycles. The summed E-state index contributed by atoms with van der Waals surface area (Å²) in [6, 6.07) is 5.02. The number of halogens is 4. The van der Waals surface area contributed by atoms with Gasteiger partial charge in [-0.15, -0.1) is 24.0 Å². The highest BCUT2D eigenvalue weighted by molar-refractivity contribution is 14.0. The van der Waals surface area contributed by atoms with Gasteiger partial charge >= 0.3 is 6.18 Å². The van der Waals surface area contributed by atoms with Gasteiger partial charge in [0, 0.05) is 38.3 Å². The first kappa shape index (κ1) is 25.5. The van der Waals surface area contributed by atoms with E-state index in [0.29, 0.717) is 24.6 Å². The molecule has 0 aliphatic carbocycles. The smallest absolute Gasteiger partial charge is 0.379 e. The van der Waals surface area contributed by atoms with Crippen molar-refractivity contribution < 1.29 is 17.9 Å². The Hall–Kier alpha value is -1.51. The van der Waals surface area contributed by atoms with Crippen molar-refractivity contribution in [1.82, 2.24) is 15.5 Å². The van der Waals surface area contributed by atoms with E-state index in [9.17, 15) is 13.2 Å². The Morgan fingerprint density at radius 2 is 2.00 bits per heavy atom. The minimum Gasteiger partial charge on any atom is -0.379 e. The van der Waals surface area contributed by atoms with Crippen LogP contribution in [0.25, 0.3) is 0 Å². The number of alkyl halides is 3. The van der Waals surface area contributed by atoms with E-state index in [1.165, 1.54) is 6.07 Å². The third-order valence-electron chi connectivity index (χ3n) is 4.12. The third kappa shape index (κ3) is 10.2. The van der Waals surface area contributed by atoms with Crippen molar-refractivity contribution >= 4 is 29.9 Å². The lowest BCUT2D eigenvalue weighted by Gasteiger charge is -2.26. The number of rotatable bonds is 6. The molecule has 162 valence electrons. The molecule has 0 radical (unpaired) electrons. The van der Waals surface area contributed by atoms with E-state index in [1.54, 1.807) is 6.07 Å². The largest absolute Gasteiger partial charge is 0.416 e. The Kier molecular flexibility index (Phi) is 12.0. The number of aliphatic imine (C=N–C) groups is 1. The summed E-state index contributed by atoms with van der Waals surface area (Å²) in [5, 5.41) is 6.22. The number of morpholine rings is 1. The summed E-state index contributed by atoms with van der Waals surface area (Å²) >= 11 is 0. The minimum atomic E-state index is -4.36. The Labute approximate surface area is 187 Å². The normalized spacial score (nSPS) is 15.1. The number of ether oxygens (including phenoxy) is 1. The van der Waals surface area contributed by atoms with Crippen molar-refractivity contribution in [3.8, 4) is 11.8 Å². The first-order valence-electron chi connectivity index (χ1n) is 9.47. The molecule has 0 amide bonds. The van der Waals surface area contributed by atoms with Crippen LogP contribution in [-0.4, -0.2) is 63.3 Å². The van der Waals surface area contributed by atoms with Crippen LogP contribution in [0.1, 0.15) is 24.5 Å². The second kappa shape index (κ2) is 13.7. The number of benzene rings is 1. The van der Waals surface area contributed by atoms with Gasteiger partial charge < -0.3 is 15.4 Å². The number of nitrogens with zero attached hydrogens (tertiary/aromatic N) is 2. The van der Waals surface area contributed by atoms with Crippen molar-refractivity contribution in [1.29, 1.82) is 0 Å². The highest BCUT2D eigenvalue weighted by atomic mass is 127. The van der Waals surface area contributed by atoms with Gasteiger partial charge in [-0.2, -0.15) is 13.2 Å². The van der Waals surface area contributed by atoms with Crippen LogP contribution >= 0.6 is 24.0 Å². The number of hydrogen-bond acceptors (Lipinski definition) is 3. The average molecular weight is 524 g/mol. The fourth-order valence-corrected chi connectivity index (χ4v) is 2.70. The van der Waals surface area contributed by atoms with Crippen molar-refractivity contribution in [3.05, 3.63) is 35.4 Å². The van der Waals surface area contributed by atoms with Crippen LogP contribution in [0.4, 0.5) is 13.2 Å². The van der Waals surface area contributed by atoms with Crippen LogP contribution in [0.15, 0.2) is 29.3 Å². The Bertz CT molecular complexity index is 695. The highest BCUT2D eigenvalue weighted by Gasteiger charge is 2.30. The van der Waals surface area contributed by atoms with Gasteiger partial charge in [0.1, 0.15) is 0 Å². The summed E-state index contributed by atoms with van der Waals surface area (Å²) in [6.45, 7) is 8.17. The van der Waals surface area contributed by atoms with Crippen LogP contribution in [-0.2, 0) is 10.9 Å². The van der Waals surface area contributed by atoms with Gasteiger partial charge in [0.15, 0.2) is 5.96 Å². The van der Waals surface area contributed by atoms with Crippen molar-refractivity contribution in [2.45, 2.75) is 19.5 Å². The molecule has 2 rings (SSSR count). The molecule has 1 aliphatic heterocycles. The summed E-state index contributed by atoms with van der Waals surface area (Å²) in [7, 11) is 0. The zero-order valence-corrected chi connectivity index (χ0v) is 18.8. The molecule has 1 saturated heterocycles.